The minimum absolute atomic E-state index is 0.00376. The highest BCUT2D eigenvalue weighted by Crippen LogP contribution is 2.19. The maximum atomic E-state index is 12.8. The third-order valence-electron chi connectivity index (χ3n) is 4.89. The predicted octanol–water partition coefficient (Wildman–Crippen LogP) is 1.63. The number of hydrogen-bond acceptors (Lipinski definition) is 4. The largest absolute Gasteiger partial charge is 0.368 e. The van der Waals surface area contributed by atoms with E-state index in [9.17, 15) is 9.59 Å². The summed E-state index contributed by atoms with van der Waals surface area (Å²) in [6.45, 7) is 6.26. The molecule has 2 amide bonds. The molecular formula is C18H25N3O3. The molecule has 0 aromatic heterocycles. The fourth-order valence-electron chi connectivity index (χ4n) is 3.25. The number of nitrogens with one attached hydrogen (secondary N) is 2. The summed E-state index contributed by atoms with van der Waals surface area (Å²) in [5.41, 5.74) is 1.23. The molecule has 0 radical (unpaired) electrons. The summed E-state index contributed by atoms with van der Waals surface area (Å²) in [6, 6.07) is 7.54. The van der Waals surface area contributed by atoms with Crippen LogP contribution in [0.25, 0.3) is 0 Å². The normalized spacial score (nSPS) is 27.1. The van der Waals surface area contributed by atoms with Crippen molar-refractivity contribution < 1.29 is 14.3 Å². The molecule has 2 N–H and O–H groups in total. The Morgan fingerprint density at radius 2 is 2.17 bits per heavy atom. The highest BCUT2D eigenvalue weighted by molar-refractivity contribution is 5.98. The molecule has 1 aromatic rings. The van der Waals surface area contributed by atoms with Crippen molar-refractivity contribution in [2.45, 2.75) is 44.9 Å². The maximum absolute atomic E-state index is 12.8. The first-order valence-electron chi connectivity index (χ1n) is 8.63. The Kier molecular flexibility index (Phi) is 5.16. The minimum Gasteiger partial charge on any atom is -0.368 e. The van der Waals surface area contributed by atoms with Crippen LogP contribution < -0.4 is 10.6 Å². The number of benzene rings is 1. The molecule has 3 unspecified atom stereocenters. The van der Waals surface area contributed by atoms with E-state index >= 15 is 0 Å². The molecule has 2 saturated heterocycles. The Labute approximate surface area is 142 Å². The summed E-state index contributed by atoms with van der Waals surface area (Å²) in [7, 11) is 0. The van der Waals surface area contributed by atoms with Gasteiger partial charge in [0.25, 0.3) is 11.8 Å². The van der Waals surface area contributed by atoms with Crippen LogP contribution in [-0.2, 0) is 9.53 Å². The van der Waals surface area contributed by atoms with Crippen LogP contribution in [0.5, 0.6) is 0 Å². The number of hydrogen-bond donors (Lipinski definition) is 2. The van der Waals surface area contributed by atoms with Crippen LogP contribution in [0.1, 0.15) is 37.0 Å². The highest BCUT2D eigenvalue weighted by Gasteiger charge is 2.29. The molecule has 2 aliphatic heterocycles. The van der Waals surface area contributed by atoms with Gasteiger partial charge in [-0.25, -0.2) is 0 Å². The molecule has 24 heavy (non-hydrogen) atoms. The number of amides is 2. The Morgan fingerprint density at radius 1 is 1.33 bits per heavy atom. The summed E-state index contributed by atoms with van der Waals surface area (Å²) in [5, 5.41) is 6.23. The number of ether oxygens (including phenoxy) is 1. The Hall–Kier alpha value is -1.92. The van der Waals surface area contributed by atoms with E-state index in [1.54, 1.807) is 24.3 Å². The van der Waals surface area contributed by atoms with Crippen LogP contribution in [0.4, 0.5) is 5.69 Å². The van der Waals surface area contributed by atoms with Crippen molar-refractivity contribution in [3.8, 4) is 0 Å². The van der Waals surface area contributed by atoms with E-state index in [4.69, 9.17) is 4.74 Å². The van der Waals surface area contributed by atoms with Gasteiger partial charge in [-0.2, -0.15) is 0 Å². The quantitative estimate of drug-likeness (QED) is 0.883. The molecular weight excluding hydrogens is 306 g/mol. The molecule has 3 rings (SSSR count). The van der Waals surface area contributed by atoms with Crippen molar-refractivity contribution >= 4 is 17.5 Å². The smallest absolute Gasteiger partial charge is 0.254 e. The first-order valence-corrected chi connectivity index (χ1v) is 8.63. The van der Waals surface area contributed by atoms with Crippen LogP contribution in [0.15, 0.2) is 24.3 Å². The van der Waals surface area contributed by atoms with Gasteiger partial charge in [0.1, 0.15) is 6.10 Å². The third-order valence-corrected chi connectivity index (χ3v) is 4.89. The number of rotatable bonds is 3. The van der Waals surface area contributed by atoms with Crippen LogP contribution >= 0.6 is 0 Å². The number of anilines is 1. The second-order valence-corrected chi connectivity index (χ2v) is 6.55. The molecule has 0 bridgehead atoms. The van der Waals surface area contributed by atoms with Gasteiger partial charge in [-0.3, -0.25) is 9.59 Å². The Morgan fingerprint density at radius 3 is 2.92 bits per heavy atom. The van der Waals surface area contributed by atoms with E-state index in [-0.39, 0.29) is 30.0 Å². The molecule has 1 aromatic carbocycles. The third kappa shape index (κ3) is 3.60. The molecule has 2 fully saturated rings. The fraction of sp³-hybridized carbons (Fsp3) is 0.556. The van der Waals surface area contributed by atoms with E-state index in [2.05, 4.69) is 24.5 Å². The van der Waals surface area contributed by atoms with Gasteiger partial charge >= 0.3 is 0 Å². The maximum Gasteiger partial charge on any atom is 0.254 e. The van der Waals surface area contributed by atoms with Crippen LogP contribution in [0.2, 0.25) is 0 Å². The molecule has 6 heteroatoms. The van der Waals surface area contributed by atoms with E-state index in [0.717, 1.165) is 19.4 Å². The van der Waals surface area contributed by atoms with Gasteiger partial charge in [-0.05, 0) is 44.9 Å². The average Bonchev–Trinajstić information content (AvgIpc) is 3.12. The molecule has 0 spiro atoms. The zero-order valence-corrected chi connectivity index (χ0v) is 14.2. The fourth-order valence-corrected chi connectivity index (χ4v) is 3.25. The Bertz CT molecular complexity index is 613. The lowest BCUT2D eigenvalue weighted by atomic mass is 10.0. The molecule has 0 saturated carbocycles. The second-order valence-electron chi connectivity index (χ2n) is 6.55. The lowest BCUT2D eigenvalue weighted by Gasteiger charge is -2.38. The molecule has 3 atom stereocenters. The molecule has 0 aliphatic carbocycles. The van der Waals surface area contributed by atoms with Crippen molar-refractivity contribution in [1.82, 2.24) is 10.2 Å². The molecule has 130 valence electrons. The predicted molar refractivity (Wildman–Crippen MR) is 92.0 cm³/mol. The highest BCUT2D eigenvalue weighted by atomic mass is 16.5. The molecule has 2 aliphatic rings. The van der Waals surface area contributed by atoms with Crippen LogP contribution in [-0.4, -0.2) is 54.6 Å². The first-order chi connectivity index (χ1) is 11.6. The average molecular weight is 331 g/mol. The number of piperazine rings is 1. The summed E-state index contributed by atoms with van der Waals surface area (Å²) >= 11 is 0. The van der Waals surface area contributed by atoms with Gasteiger partial charge in [-0.1, -0.05) is 6.07 Å². The molecule has 6 nitrogen and oxygen atoms in total. The number of carbonyl (C=O) groups excluding carboxylic acids is 2. The van der Waals surface area contributed by atoms with Gasteiger partial charge in [0.2, 0.25) is 0 Å². The van der Waals surface area contributed by atoms with Gasteiger partial charge < -0.3 is 20.3 Å². The first kappa shape index (κ1) is 16.9. The lowest BCUT2D eigenvalue weighted by Crippen LogP contribution is -2.57. The van der Waals surface area contributed by atoms with Crippen molar-refractivity contribution in [2.75, 3.05) is 25.0 Å². The van der Waals surface area contributed by atoms with Crippen molar-refractivity contribution in [3.63, 3.8) is 0 Å². The second kappa shape index (κ2) is 7.32. The van der Waals surface area contributed by atoms with Crippen LogP contribution in [0, 0.1) is 0 Å². The van der Waals surface area contributed by atoms with Crippen molar-refractivity contribution in [1.29, 1.82) is 0 Å². The summed E-state index contributed by atoms with van der Waals surface area (Å²) < 4.78 is 5.39. The zero-order valence-electron chi connectivity index (χ0n) is 14.2. The molecule has 2 heterocycles. The van der Waals surface area contributed by atoms with Gasteiger partial charge in [0.05, 0.1) is 0 Å². The topological polar surface area (TPSA) is 70.7 Å². The lowest BCUT2D eigenvalue weighted by molar-refractivity contribution is -0.124. The summed E-state index contributed by atoms with van der Waals surface area (Å²) in [6.07, 6.45) is 1.29. The zero-order chi connectivity index (χ0) is 17.1. The van der Waals surface area contributed by atoms with Gasteiger partial charge in [0.15, 0.2) is 0 Å². The minimum atomic E-state index is -0.376. The Balaban J connectivity index is 1.70. The van der Waals surface area contributed by atoms with Gasteiger partial charge in [0, 0.05) is 43.0 Å². The summed E-state index contributed by atoms with van der Waals surface area (Å²) in [5.74, 6) is -0.134. The number of nitrogens with zero attached hydrogens (tertiary/aromatic N) is 1. The summed E-state index contributed by atoms with van der Waals surface area (Å²) in [4.78, 5) is 26.9. The van der Waals surface area contributed by atoms with E-state index in [0.29, 0.717) is 24.4 Å². The van der Waals surface area contributed by atoms with Crippen molar-refractivity contribution in [2.24, 2.45) is 0 Å². The van der Waals surface area contributed by atoms with Crippen LogP contribution in [0.3, 0.4) is 0 Å². The monoisotopic (exact) mass is 331 g/mol. The van der Waals surface area contributed by atoms with E-state index in [1.165, 1.54) is 0 Å². The standard InChI is InChI=1S/C18H25N3O3/c1-12-13(2)21(9-8-19-12)18(23)14-5-3-6-15(11-14)20-17(22)16-7-4-10-24-16/h3,5-6,11-13,16,19H,4,7-10H2,1-2H3,(H,20,22). The number of carbonyl (C=O) groups is 2. The SMILES string of the molecule is CC1NCCN(C(=O)c2cccc(NC(=O)C3CCCO3)c2)C1C. The van der Waals surface area contributed by atoms with E-state index < -0.39 is 0 Å². The van der Waals surface area contributed by atoms with Crippen molar-refractivity contribution in [3.05, 3.63) is 29.8 Å². The van der Waals surface area contributed by atoms with E-state index in [1.807, 2.05) is 4.90 Å². The van der Waals surface area contributed by atoms with Gasteiger partial charge in [-0.15, -0.1) is 0 Å².